The van der Waals surface area contributed by atoms with Crippen LogP contribution in [0.3, 0.4) is 0 Å². The van der Waals surface area contributed by atoms with E-state index in [1.54, 1.807) is 12.1 Å². The molecule has 1 aliphatic heterocycles. The summed E-state index contributed by atoms with van der Waals surface area (Å²) >= 11 is 0. The van der Waals surface area contributed by atoms with Gasteiger partial charge in [0.05, 0.1) is 11.7 Å². The first-order valence-corrected chi connectivity index (χ1v) is 7.89. The Balaban J connectivity index is 1.54. The van der Waals surface area contributed by atoms with Crippen LogP contribution < -0.4 is 5.32 Å². The molecule has 24 heavy (non-hydrogen) atoms. The van der Waals surface area contributed by atoms with E-state index >= 15 is 0 Å². The Bertz CT molecular complexity index is 697. The summed E-state index contributed by atoms with van der Waals surface area (Å²) in [6.07, 6.45) is 6.28. The molecule has 1 amide bonds. The topological polar surface area (TPSA) is 93.5 Å². The third-order valence-electron chi connectivity index (χ3n) is 3.99. The molecule has 126 valence electrons. The van der Waals surface area contributed by atoms with Gasteiger partial charge in [0, 0.05) is 25.1 Å². The van der Waals surface area contributed by atoms with Crippen molar-refractivity contribution in [3.05, 3.63) is 48.4 Å². The molecule has 0 aliphatic carbocycles. The fraction of sp³-hybridized carbons (Fsp3) is 0.353. The molecule has 1 saturated heterocycles. The molecule has 0 radical (unpaired) electrons. The van der Waals surface area contributed by atoms with Gasteiger partial charge in [0.2, 0.25) is 0 Å². The Hall–Kier alpha value is -2.67. The maximum Gasteiger partial charge on any atom is 0.332 e. The highest BCUT2D eigenvalue weighted by Gasteiger charge is 2.27. The van der Waals surface area contributed by atoms with Gasteiger partial charge >= 0.3 is 5.97 Å². The summed E-state index contributed by atoms with van der Waals surface area (Å²) in [5.41, 5.74) is 0.455. The number of hydrogen-bond acceptors (Lipinski definition) is 4. The number of aromatic nitrogens is 2. The van der Waals surface area contributed by atoms with Crippen LogP contribution in [0.4, 0.5) is 0 Å². The summed E-state index contributed by atoms with van der Waals surface area (Å²) in [5, 5.41) is 11.8. The molecule has 2 atom stereocenters. The van der Waals surface area contributed by atoms with Gasteiger partial charge in [-0.25, -0.2) is 9.78 Å². The lowest BCUT2D eigenvalue weighted by Crippen LogP contribution is -2.40. The Morgan fingerprint density at radius 1 is 1.29 bits per heavy atom. The van der Waals surface area contributed by atoms with E-state index in [1.807, 2.05) is 29.1 Å². The van der Waals surface area contributed by atoms with Crippen LogP contribution >= 0.6 is 0 Å². The Morgan fingerprint density at radius 3 is 2.75 bits per heavy atom. The van der Waals surface area contributed by atoms with Crippen molar-refractivity contribution in [3.63, 3.8) is 0 Å². The van der Waals surface area contributed by atoms with E-state index in [0.29, 0.717) is 18.5 Å². The molecule has 0 saturated carbocycles. The highest BCUT2D eigenvalue weighted by Crippen LogP contribution is 2.18. The predicted molar refractivity (Wildman–Crippen MR) is 86.0 cm³/mol. The number of amides is 1. The molecule has 1 fully saturated rings. The molecular weight excluding hydrogens is 310 g/mol. The quantitative estimate of drug-likeness (QED) is 0.869. The molecule has 2 N–H and O–H groups in total. The van der Waals surface area contributed by atoms with E-state index < -0.39 is 12.1 Å². The van der Waals surface area contributed by atoms with Gasteiger partial charge in [0.15, 0.2) is 6.10 Å². The lowest BCUT2D eigenvalue weighted by Gasteiger charge is -2.27. The maximum atomic E-state index is 12.2. The van der Waals surface area contributed by atoms with Gasteiger partial charge in [0.25, 0.3) is 5.91 Å². The fourth-order valence-electron chi connectivity index (χ4n) is 2.70. The second-order valence-corrected chi connectivity index (χ2v) is 5.72. The number of carbonyl (C=O) groups excluding carboxylic acids is 1. The molecule has 7 nitrogen and oxygen atoms in total. The Kier molecular flexibility index (Phi) is 4.90. The van der Waals surface area contributed by atoms with Crippen molar-refractivity contribution < 1.29 is 19.4 Å². The number of rotatable bonds is 5. The predicted octanol–water partition coefficient (Wildman–Crippen LogP) is 1.62. The number of nitrogens with zero attached hydrogens (tertiary/aromatic N) is 2. The first-order chi connectivity index (χ1) is 11.6. The maximum absolute atomic E-state index is 12.2. The average Bonchev–Trinajstić information content (AvgIpc) is 3.14. The third-order valence-corrected chi connectivity index (χ3v) is 3.99. The molecule has 0 spiro atoms. The van der Waals surface area contributed by atoms with E-state index in [4.69, 9.17) is 9.84 Å². The van der Waals surface area contributed by atoms with Gasteiger partial charge in [-0.2, -0.15) is 0 Å². The zero-order valence-electron chi connectivity index (χ0n) is 13.1. The highest BCUT2D eigenvalue weighted by molar-refractivity contribution is 5.93. The molecule has 3 rings (SSSR count). The summed E-state index contributed by atoms with van der Waals surface area (Å²) < 4.78 is 7.32. The van der Waals surface area contributed by atoms with Gasteiger partial charge in [0.1, 0.15) is 5.82 Å². The van der Waals surface area contributed by atoms with Crippen LogP contribution in [-0.4, -0.2) is 45.3 Å². The number of hydrogen-bond donors (Lipinski definition) is 2. The number of aliphatic carboxylic acids is 1. The molecular formula is C17H19N3O4. The minimum Gasteiger partial charge on any atom is -0.479 e. The standard InChI is InChI=1S/C17H19N3O4/c21-16(19-11-13-4-3-5-14(24-13)17(22)23)12-6-7-15(18-10-12)20-8-1-2-9-20/h1-2,6-10,13-14H,3-5,11H2,(H,19,21)(H,22,23)/t13-,14+/m1/s1. The van der Waals surface area contributed by atoms with Gasteiger partial charge < -0.3 is 19.7 Å². The first-order valence-electron chi connectivity index (χ1n) is 7.89. The normalized spacial score (nSPS) is 20.5. The molecule has 2 aromatic rings. The van der Waals surface area contributed by atoms with Crippen LogP contribution in [0.2, 0.25) is 0 Å². The Morgan fingerprint density at radius 2 is 2.08 bits per heavy atom. The number of nitrogens with one attached hydrogen (secondary N) is 1. The lowest BCUT2D eigenvalue weighted by atomic mass is 10.0. The summed E-state index contributed by atoms with van der Waals surface area (Å²) in [6, 6.07) is 7.28. The monoisotopic (exact) mass is 329 g/mol. The zero-order chi connectivity index (χ0) is 16.9. The SMILES string of the molecule is O=C(NC[C@H]1CCC[C@@H](C(=O)O)O1)c1ccc(-n2cccc2)nc1. The van der Waals surface area contributed by atoms with E-state index in [2.05, 4.69) is 10.3 Å². The van der Waals surface area contributed by atoms with Crippen LogP contribution in [-0.2, 0) is 9.53 Å². The summed E-state index contributed by atoms with van der Waals surface area (Å²) in [4.78, 5) is 27.4. The largest absolute Gasteiger partial charge is 0.479 e. The smallest absolute Gasteiger partial charge is 0.332 e. The lowest BCUT2D eigenvalue weighted by molar-refractivity contribution is -0.158. The molecule has 2 aromatic heterocycles. The van der Waals surface area contributed by atoms with Crippen LogP contribution in [0.15, 0.2) is 42.9 Å². The molecule has 3 heterocycles. The fourth-order valence-corrected chi connectivity index (χ4v) is 2.70. The van der Waals surface area contributed by atoms with Crippen molar-refractivity contribution in [1.29, 1.82) is 0 Å². The molecule has 0 aromatic carbocycles. The average molecular weight is 329 g/mol. The Labute approximate surface area is 139 Å². The van der Waals surface area contributed by atoms with Crippen molar-refractivity contribution in [2.75, 3.05) is 6.54 Å². The third kappa shape index (κ3) is 3.80. The second kappa shape index (κ2) is 7.27. The van der Waals surface area contributed by atoms with Gasteiger partial charge in [-0.15, -0.1) is 0 Å². The van der Waals surface area contributed by atoms with Crippen LogP contribution in [0.5, 0.6) is 0 Å². The minimum atomic E-state index is -0.948. The van der Waals surface area contributed by atoms with Crippen molar-refractivity contribution in [2.24, 2.45) is 0 Å². The van der Waals surface area contributed by atoms with Gasteiger partial charge in [-0.3, -0.25) is 4.79 Å². The number of carboxylic acids is 1. The van der Waals surface area contributed by atoms with Crippen LogP contribution in [0.1, 0.15) is 29.6 Å². The van der Waals surface area contributed by atoms with Gasteiger partial charge in [-0.1, -0.05) is 0 Å². The number of carbonyl (C=O) groups is 2. The highest BCUT2D eigenvalue weighted by atomic mass is 16.5. The van der Waals surface area contributed by atoms with Crippen LogP contribution in [0.25, 0.3) is 5.82 Å². The number of ether oxygens (including phenoxy) is 1. The van der Waals surface area contributed by atoms with Crippen molar-refractivity contribution in [1.82, 2.24) is 14.9 Å². The summed E-state index contributed by atoms with van der Waals surface area (Å²) in [7, 11) is 0. The first kappa shape index (κ1) is 16.2. The summed E-state index contributed by atoms with van der Waals surface area (Å²) in [5.74, 6) is -0.463. The molecule has 0 unspecified atom stereocenters. The van der Waals surface area contributed by atoms with Crippen molar-refractivity contribution in [3.8, 4) is 5.82 Å². The van der Waals surface area contributed by atoms with Gasteiger partial charge in [-0.05, 0) is 43.5 Å². The molecule has 7 heteroatoms. The van der Waals surface area contributed by atoms with E-state index in [9.17, 15) is 9.59 Å². The molecule has 0 bridgehead atoms. The van der Waals surface area contributed by atoms with E-state index in [1.165, 1.54) is 6.20 Å². The minimum absolute atomic E-state index is 0.248. The number of pyridine rings is 1. The second-order valence-electron chi connectivity index (χ2n) is 5.72. The van der Waals surface area contributed by atoms with Crippen LogP contribution in [0, 0.1) is 0 Å². The van der Waals surface area contributed by atoms with E-state index in [-0.39, 0.29) is 12.0 Å². The van der Waals surface area contributed by atoms with E-state index in [0.717, 1.165) is 18.7 Å². The number of carboxylic acid groups (broad SMARTS) is 1. The summed E-state index contributed by atoms with van der Waals surface area (Å²) in [6.45, 7) is 0.294. The van der Waals surface area contributed by atoms with Crippen molar-refractivity contribution >= 4 is 11.9 Å². The molecule has 1 aliphatic rings. The zero-order valence-corrected chi connectivity index (χ0v) is 13.1. The van der Waals surface area contributed by atoms with Crippen molar-refractivity contribution in [2.45, 2.75) is 31.5 Å².